The Kier molecular flexibility index (Phi) is 3.98. The van der Waals surface area contributed by atoms with E-state index >= 15 is 0 Å². The van der Waals surface area contributed by atoms with E-state index in [1.54, 1.807) is 0 Å². The number of carbonyl (C=O) groups is 1. The van der Waals surface area contributed by atoms with Crippen LogP contribution in [0.15, 0.2) is 6.07 Å². The van der Waals surface area contributed by atoms with Crippen LogP contribution < -0.4 is 0 Å². The quantitative estimate of drug-likeness (QED) is 0.585. The number of hydrogen-bond donors (Lipinski definition) is 0. The van der Waals surface area contributed by atoms with Crippen LogP contribution in [-0.4, -0.2) is 13.1 Å². The first kappa shape index (κ1) is 13.0. The molecule has 88 valence electrons. The molecular weight excluding hydrogens is 224 g/mol. The Balaban J connectivity index is 3.37. The van der Waals surface area contributed by atoms with Crippen molar-refractivity contribution in [3.05, 3.63) is 33.9 Å². The number of halogens is 1. The van der Waals surface area contributed by atoms with Crippen molar-refractivity contribution in [2.75, 3.05) is 7.11 Å². The van der Waals surface area contributed by atoms with Gasteiger partial charge in [-0.25, -0.2) is 0 Å². The predicted octanol–water partition coefficient (Wildman–Crippen LogP) is 3.37. The van der Waals surface area contributed by atoms with Gasteiger partial charge in [0.1, 0.15) is 0 Å². The van der Waals surface area contributed by atoms with Crippen LogP contribution in [0.5, 0.6) is 0 Å². The lowest BCUT2D eigenvalue weighted by Crippen LogP contribution is -2.12. The van der Waals surface area contributed by atoms with Gasteiger partial charge in [-0.2, -0.15) is 0 Å². The fourth-order valence-corrected chi connectivity index (χ4v) is 2.27. The zero-order valence-electron chi connectivity index (χ0n) is 10.3. The highest BCUT2D eigenvalue weighted by atomic mass is 35.5. The summed E-state index contributed by atoms with van der Waals surface area (Å²) in [6.45, 7) is 8.00. The van der Waals surface area contributed by atoms with Crippen molar-refractivity contribution in [1.82, 2.24) is 0 Å². The molecule has 1 aromatic rings. The topological polar surface area (TPSA) is 26.3 Å². The second kappa shape index (κ2) is 4.88. The summed E-state index contributed by atoms with van der Waals surface area (Å²) in [6.07, 6.45) is 0. The molecule has 0 aliphatic heterocycles. The Labute approximate surface area is 102 Å². The molecule has 0 spiro atoms. The highest BCUT2D eigenvalue weighted by molar-refractivity contribution is 6.30. The molecule has 1 unspecified atom stereocenters. The van der Waals surface area contributed by atoms with E-state index < -0.39 is 11.3 Å². The molecule has 0 saturated heterocycles. The first-order valence-electron chi connectivity index (χ1n) is 5.19. The average molecular weight is 241 g/mol. The summed E-state index contributed by atoms with van der Waals surface area (Å²) in [4.78, 5) is 11.5. The standard InChI is InChI=1S/C13H17ClO2/c1-7-6-8(2)10(4)11(9(7)3)12(14)13(15)16-5/h6,12H,1-5H3. The van der Waals surface area contributed by atoms with Gasteiger partial charge in [0.2, 0.25) is 0 Å². The Morgan fingerprint density at radius 3 is 2.00 bits per heavy atom. The fourth-order valence-electron chi connectivity index (χ4n) is 1.85. The average Bonchev–Trinajstić information content (AvgIpc) is 2.25. The van der Waals surface area contributed by atoms with Gasteiger partial charge in [0.05, 0.1) is 7.11 Å². The van der Waals surface area contributed by atoms with Crippen molar-refractivity contribution in [2.24, 2.45) is 0 Å². The molecule has 16 heavy (non-hydrogen) atoms. The van der Waals surface area contributed by atoms with Gasteiger partial charge in [0.25, 0.3) is 0 Å². The van der Waals surface area contributed by atoms with E-state index in [2.05, 4.69) is 10.8 Å². The minimum absolute atomic E-state index is 0.405. The highest BCUT2D eigenvalue weighted by Gasteiger charge is 2.23. The van der Waals surface area contributed by atoms with Crippen LogP contribution in [0.1, 0.15) is 33.2 Å². The number of aryl methyl sites for hydroxylation is 2. The number of ether oxygens (including phenoxy) is 1. The van der Waals surface area contributed by atoms with Crippen molar-refractivity contribution >= 4 is 17.6 Å². The number of rotatable bonds is 2. The van der Waals surface area contributed by atoms with Gasteiger partial charge in [0, 0.05) is 0 Å². The van der Waals surface area contributed by atoms with Crippen molar-refractivity contribution < 1.29 is 9.53 Å². The first-order chi connectivity index (χ1) is 7.40. The molecule has 1 atom stereocenters. The SMILES string of the molecule is COC(=O)C(Cl)c1c(C)c(C)cc(C)c1C. The van der Waals surface area contributed by atoms with E-state index in [4.69, 9.17) is 11.6 Å². The van der Waals surface area contributed by atoms with Gasteiger partial charge >= 0.3 is 5.97 Å². The second-order valence-electron chi connectivity index (χ2n) is 4.06. The van der Waals surface area contributed by atoms with E-state index in [0.717, 1.165) is 27.8 Å². The third-order valence-corrected chi connectivity index (χ3v) is 3.48. The van der Waals surface area contributed by atoms with Crippen LogP contribution in [0.2, 0.25) is 0 Å². The molecule has 0 saturated carbocycles. The molecule has 3 heteroatoms. The summed E-state index contributed by atoms with van der Waals surface area (Å²) in [6, 6.07) is 2.11. The van der Waals surface area contributed by atoms with Crippen molar-refractivity contribution in [3.63, 3.8) is 0 Å². The van der Waals surface area contributed by atoms with Crippen LogP contribution >= 0.6 is 11.6 Å². The third kappa shape index (κ3) is 2.22. The Hall–Kier alpha value is -1.02. The second-order valence-corrected chi connectivity index (χ2v) is 4.50. The van der Waals surface area contributed by atoms with Crippen molar-refractivity contribution in [3.8, 4) is 0 Å². The zero-order valence-corrected chi connectivity index (χ0v) is 11.1. The smallest absolute Gasteiger partial charge is 0.328 e. The number of carbonyl (C=O) groups excluding carboxylic acids is 1. The maximum Gasteiger partial charge on any atom is 0.328 e. The van der Waals surface area contributed by atoms with Gasteiger partial charge in [-0.3, -0.25) is 4.79 Å². The van der Waals surface area contributed by atoms with Crippen molar-refractivity contribution in [2.45, 2.75) is 33.1 Å². The Morgan fingerprint density at radius 2 is 1.62 bits per heavy atom. The molecule has 0 fully saturated rings. The summed E-state index contributed by atoms with van der Waals surface area (Å²) in [5.74, 6) is -0.405. The molecule has 1 rings (SSSR count). The summed E-state index contributed by atoms with van der Waals surface area (Å²) >= 11 is 6.14. The molecule has 0 amide bonds. The predicted molar refractivity (Wildman–Crippen MR) is 66.0 cm³/mol. The van der Waals surface area contributed by atoms with Crippen LogP contribution in [0.4, 0.5) is 0 Å². The van der Waals surface area contributed by atoms with E-state index in [9.17, 15) is 4.79 Å². The zero-order chi connectivity index (χ0) is 12.5. The molecule has 0 aliphatic carbocycles. The highest BCUT2D eigenvalue weighted by Crippen LogP contribution is 2.31. The minimum atomic E-state index is -0.719. The fraction of sp³-hybridized carbons (Fsp3) is 0.462. The number of alkyl halides is 1. The minimum Gasteiger partial charge on any atom is -0.468 e. The Bertz CT molecular complexity index is 398. The lowest BCUT2D eigenvalue weighted by atomic mass is 9.92. The van der Waals surface area contributed by atoms with E-state index in [0.29, 0.717) is 0 Å². The molecular formula is C13H17ClO2. The number of hydrogen-bond acceptors (Lipinski definition) is 2. The van der Waals surface area contributed by atoms with Crippen LogP contribution in [0.3, 0.4) is 0 Å². The largest absolute Gasteiger partial charge is 0.468 e. The molecule has 0 aliphatic rings. The summed E-state index contributed by atoms with van der Waals surface area (Å²) in [5.41, 5.74) is 5.30. The van der Waals surface area contributed by atoms with E-state index in [1.165, 1.54) is 7.11 Å². The lowest BCUT2D eigenvalue weighted by molar-refractivity contribution is -0.140. The summed E-state index contributed by atoms with van der Waals surface area (Å²) < 4.78 is 4.69. The number of methoxy groups -OCH3 is 1. The Morgan fingerprint density at radius 1 is 1.19 bits per heavy atom. The van der Waals surface area contributed by atoms with Gasteiger partial charge < -0.3 is 4.74 Å². The first-order valence-corrected chi connectivity index (χ1v) is 5.63. The van der Waals surface area contributed by atoms with Gasteiger partial charge in [-0.05, 0) is 55.5 Å². The molecule has 0 N–H and O–H groups in total. The summed E-state index contributed by atoms with van der Waals surface area (Å²) in [5, 5.41) is -0.719. The monoisotopic (exact) mass is 240 g/mol. The van der Waals surface area contributed by atoms with Crippen LogP contribution in [-0.2, 0) is 9.53 Å². The van der Waals surface area contributed by atoms with E-state index in [1.807, 2.05) is 27.7 Å². The maximum absolute atomic E-state index is 11.5. The number of esters is 1. The third-order valence-electron chi connectivity index (χ3n) is 3.09. The molecule has 1 aromatic carbocycles. The normalized spacial score (nSPS) is 12.4. The van der Waals surface area contributed by atoms with Crippen LogP contribution in [0, 0.1) is 27.7 Å². The summed E-state index contributed by atoms with van der Waals surface area (Å²) in [7, 11) is 1.35. The van der Waals surface area contributed by atoms with Gasteiger partial charge in [-0.15, -0.1) is 11.6 Å². The van der Waals surface area contributed by atoms with Gasteiger partial charge in [-0.1, -0.05) is 6.07 Å². The maximum atomic E-state index is 11.5. The van der Waals surface area contributed by atoms with Crippen LogP contribution in [0.25, 0.3) is 0 Å². The molecule has 0 aromatic heterocycles. The molecule has 0 heterocycles. The molecule has 0 radical (unpaired) electrons. The molecule has 2 nitrogen and oxygen atoms in total. The lowest BCUT2D eigenvalue weighted by Gasteiger charge is -2.18. The van der Waals surface area contributed by atoms with E-state index in [-0.39, 0.29) is 0 Å². The van der Waals surface area contributed by atoms with Gasteiger partial charge in [0.15, 0.2) is 5.38 Å². The molecule has 0 bridgehead atoms. The van der Waals surface area contributed by atoms with Crippen molar-refractivity contribution in [1.29, 1.82) is 0 Å². The number of benzene rings is 1.